The number of hydrogen-bond donors (Lipinski definition) is 0. The van der Waals surface area contributed by atoms with Gasteiger partial charge in [0.15, 0.2) is 0 Å². The number of anilines is 2. The van der Waals surface area contributed by atoms with Crippen LogP contribution < -0.4 is 9.80 Å². The molecule has 11 heteroatoms. The van der Waals surface area contributed by atoms with E-state index in [0.717, 1.165) is 23.1 Å². The van der Waals surface area contributed by atoms with Crippen molar-refractivity contribution in [3.63, 3.8) is 0 Å². The van der Waals surface area contributed by atoms with Crippen molar-refractivity contribution in [2.24, 2.45) is 0 Å². The molecule has 33 heavy (non-hydrogen) atoms. The van der Waals surface area contributed by atoms with Crippen molar-refractivity contribution < 1.29 is 31.9 Å². The molecule has 1 fully saturated rings. The molecular formula is C22H16F4N4O3. The first-order valence-corrected chi connectivity index (χ1v) is 9.67. The average molecular weight is 460 g/mol. The van der Waals surface area contributed by atoms with Crippen LogP contribution in [0.2, 0.25) is 0 Å². The van der Waals surface area contributed by atoms with Crippen molar-refractivity contribution in [2.45, 2.75) is 32.1 Å². The van der Waals surface area contributed by atoms with Gasteiger partial charge in [-0.05, 0) is 49.7 Å². The fourth-order valence-corrected chi connectivity index (χ4v) is 4.07. The van der Waals surface area contributed by atoms with Crippen LogP contribution >= 0.6 is 0 Å². The van der Waals surface area contributed by atoms with Crippen molar-refractivity contribution in [3.05, 3.63) is 58.4 Å². The molecule has 170 valence electrons. The van der Waals surface area contributed by atoms with Crippen molar-refractivity contribution in [3.8, 4) is 6.07 Å². The normalized spacial score (nSPS) is 17.6. The lowest BCUT2D eigenvalue weighted by atomic mass is 10.0. The number of alkyl halides is 3. The predicted octanol–water partition coefficient (Wildman–Crippen LogP) is 4.05. The molecule has 0 N–H and O–H groups in total. The minimum atomic E-state index is -4.90. The Balaban J connectivity index is 1.84. The first-order valence-electron chi connectivity index (χ1n) is 9.67. The molecule has 0 aliphatic carbocycles. The topological polar surface area (TPSA) is 84.7 Å². The molecule has 0 radical (unpaired) electrons. The Bertz CT molecular complexity index is 1280. The third-order valence-corrected chi connectivity index (χ3v) is 5.75. The summed E-state index contributed by atoms with van der Waals surface area (Å²) >= 11 is 0. The van der Waals surface area contributed by atoms with Crippen LogP contribution in [0.25, 0.3) is 0 Å². The molecule has 0 bridgehead atoms. The SMILES string of the molecule is CN1Cc2cc(F)c(N3C(=O)N(c4ccc(C#N)c(C(F)(F)F)c4)C(=O)C3(C)C)cc2C1=O. The number of benzene rings is 2. The van der Waals surface area contributed by atoms with Crippen molar-refractivity contribution in [2.75, 3.05) is 16.8 Å². The highest BCUT2D eigenvalue weighted by atomic mass is 19.4. The number of rotatable bonds is 2. The van der Waals surface area contributed by atoms with E-state index >= 15 is 4.39 Å². The van der Waals surface area contributed by atoms with Crippen LogP contribution in [0, 0.1) is 17.1 Å². The molecule has 1 saturated heterocycles. The summed E-state index contributed by atoms with van der Waals surface area (Å²) in [6.45, 7) is 2.82. The van der Waals surface area contributed by atoms with Gasteiger partial charge in [0.1, 0.15) is 11.4 Å². The first-order chi connectivity index (χ1) is 15.3. The Labute approximate surface area is 185 Å². The van der Waals surface area contributed by atoms with E-state index in [1.165, 1.54) is 37.9 Å². The maximum absolute atomic E-state index is 15.0. The molecule has 2 aliphatic heterocycles. The van der Waals surface area contributed by atoms with Gasteiger partial charge in [-0.2, -0.15) is 18.4 Å². The van der Waals surface area contributed by atoms with Crippen LogP contribution in [0.1, 0.15) is 40.9 Å². The summed E-state index contributed by atoms with van der Waals surface area (Å²) in [7, 11) is 1.53. The fourth-order valence-electron chi connectivity index (χ4n) is 4.07. The minimum Gasteiger partial charge on any atom is -0.337 e. The monoisotopic (exact) mass is 460 g/mol. The highest BCUT2D eigenvalue weighted by Gasteiger charge is 2.54. The zero-order chi connectivity index (χ0) is 24.5. The molecule has 2 aliphatic rings. The van der Waals surface area contributed by atoms with E-state index in [-0.39, 0.29) is 23.7 Å². The number of urea groups is 1. The van der Waals surface area contributed by atoms with Gasteiger partial charge in [0.05, 0.1) is 28.6 Å². The van der Waals surface area contributed by atoms with E-state index in [0.29, 0.717) is 16.5 Å². The Morgan fingerprint density at radius 3 is 2.36 bits per heavy atom. The van der Waals surface area contributed by atoms with Gasteiger partial charge in [0.2, 0.25) is 0 Å². The van der Waals surface area contributed by atoms with Gasteiger partial charge in [0, 0.05) is 19.2 Å². The summed E-state index contributed by atoms with van der Waals surface area (Å²) in [5.74, 6) is -2.14. The summed E-state index contributed by atoms with van der Waals surface area (Å²) in [5, 5.41) is 8.98. The van der Waals surface area contributed by atoms with Crippen molar-refractivity contribution in [1.29, 1.82) is 5.26 Å². The number of imide groups is 1. The Hall–Kier alpha value is -3.94. The van der Waals surface area contributed by atoms with Crippen LogP contribution in [0.5, 0.6) is 0 Å². The molecule has 7 nitrogen and oxygen atoms in total. The summed E-state index contributed by atoms with van der Waals surface area (Å²) < 4.78 is 55.2. The lowest BCUT2D eigenvalue weighted by Crippen LogP contribution is -2.45. The van der Waals surface area contributed by atoms with Gasteiger partial charge in [-0.25, -0.2) is 14.1 Å². The number of carbonyl (C=O) groups is 3. The molecule has 4 amide bonds. The van der Waals surface area contributed by atoms with Crippen molar-refractivity contribution >= 4 is 29.2 Å². The molecule has 4 rings (SSSR count). The number of amides is 4. The highest BCUT2D eigenvalue weighted by molar-refractivity contribution is 6.30. The van der Waals surface area contributed by atoms with E-state index < -0.39 is 46.3 Å². The summed E-state index contributed by atoms with van der Waals surface area (Å²) in [6.07, 6.45) is -4.90. The standard InChI is InChI=1S/C22H16F4N4O3/c1-21(2)19(32)29(13-5-4-11(9-27)15(7-13)22(24,25)26)20(33)30(21)17-8-14-12(6-16(17)23)10-28(3)18(14)31/h4-8H,10H2,1-3H3. The lowest BCUT2D eigenvalue weighted by molar-refractivity contribution is -0.137. The number of nitrogens with zero attached hydrogens (tertiary/aromatic N) is 4. The molecular weight excluding hydrogens is 444 g/mol. The largest absolute Gasteiger partial charge is 0.417 e. The van der Waals surface area contributed by atoms with E-state index in [9.17, 15) is 27.6 Å². The zero-order valence-corrected chi connectivity index (χ0v) is 17.6. The molecule has 2 aromatic rings. The second kappa shape index (κ2) is 7.03. The highest BCUT2D eigenvalue weighted by Crippen LogP contribution is 2.41. The predicted molar refractivity (Wildman–Crippen MR) is 108 cm³/mol. The summed E-state index contributed by atoms with van der Waals surface area (Å²) in [6, 6.07) is 5.06. The summed E-state index contributed by atoms with van der Waals surface area (Å²) in [5.41, 5.74) is -3.83. The number of nitriles is 1. The van der Waals surface area contributed by atoms with Gasteiger partial charge in [-0.1, -0.05) is 0 Å². The second-order valence-corrected chi connectivity index (χ2v) is 8.28. The van der Waals surface area contributed by atoms with E-state index in [2.05, 4.69) is 0 Å². The minimum absolute atomic E-state index is 0.168. The molecule has 2 heterocycles. The lowest BCUT2D eigenvalue weighted by Gasteiger charge is -2.28. The molecule has 0 saturated carbocycles. The molecule has 0 spiro atoms. The third-order valence-electron chi connectivity index (χ3n) is 5.75. The third kappa shape index (κ3) is 3.21. The molecule has 0 unspecified atom stereocenters. The maximum atomic E-state index is 15.0. The van der Waals surface area contributed by atoms with Gasteiger partial charge in [0.25, 0.3) is 11.8 Å². The summed E-state index contributed by atoms with van der Waals surface area (Å²) in [4.78, 5) is 41.4. The van der Waals surface area contributed by atoms with E-state index in [4.69, 9.17) is 5.26 Å². The van der Waals surface area contributed by atoms with E-state index in [1.807, 2.05) is 0 Å². The van der Waals surface area contributed by atoms with Crippen LogP contribution in [-0.4, -0.2) is 35.3 Å². The van der Waals surface area contributed by atoms with Crippen LogP contribution in [0.15, 0.2) is 30.3 Å². The number of carbonyl (C=O) groups excluding carboxylic acids is 3. The number of fused-ring (bicyclic) bond motifs is 1. The zero-order valence-electron chi connectivity index (χ0n) is 17.6. The van der Waals surface area contributed by atoms with E-state index in [1.54, 1.807) is 0 Å². The number of halogens is 4. The fraction of sp³-hybridized carbons (Fsp3) is 0.273. The molecule has 2 aromatic carbocycles. The Morgan fingerprint density at radius 1 is 1.09 bits per heavy atom. The van der Waals surface area contributed by atoms with Gasteiger partial charge in [-0.3, -0.25) is 14.5 Å². The Morgan fingerprint density at radius 2 is 1.76 bits per heavy atom. The van der Waals surface area contributed by atoms with Gasteiger partial charge >= 0.3 is 12.2 Å². The molecule has 0 aromatic heterocycles. The first kappa shape index (κ1) is 22.3. The van der Waals surface area contributed by atoms with Crippen LogP contribution in [0.3, 0.4) is 0 Å². The number of hydrogen-bond acceptors (Lipinski definition) is 4. The van der Waals surface area contributed by atoms with Crippen LogP contribution in [-0.2, 0) is 17.5 Å². The smallest absolute Gasteiger partial charge is 0.337 e. The maximum Gasteiger partial charge on any atom is 0.417 e. The van der Waals surface area contributed by atoms with Gasteiger partial charge in [-0.15, -0.1) is 0 Å². The van der Waals surface area contributed by atoms with Gasteiger partial charge < -0.3 is 4.90 Å². The molecule has 0 atom stereocenters. The Kier molecular flexibility index (Phi) is 4.74. The second-order valence-electron chi connectivity index (χ2n) is 8.28. The quantitative estimate of drug-likeness (QED) is 0.500. The van der Waals surface area contributed by atoms with Crippen molar-refractivity contribution in [1.82, 2.24) is 4.90 Å². The average Bonchev–Trinajstić information content (AvgIpc) is 3.09. The van der Waals surface area contributed by atoms with Crippen LogP contribution in [0.4, 0.5) is 33.7 Å².